The van der Waals surface area contributed by atoms with Crippen LogP contribution in [0.25, 0.3) is 0 Å². The van der Waals surface area contributed by atoms with Crippen LogP contribution < -0.4 is 0 Å². The maximum absolute atomic E-state index is 9.78. The van der Waals surface area contributed by atoms with Crippen molar-refractivity contribution in [3.63, 3.8) is 0 Å². The maximum Gasteiger partial charge on any atom is 0.173 e. The molecule has 0 amide bonds. The highest BCUT2D eigenvalue weighted by Gasteiger charge is 2.31. The van der Waals surface area contributed by atoms with Gasteiger partial charge in [0.2, 0.25) is 0 Å². The van der Waals surface area contributed by atoms with Crippen LogP contribution in [-0.4, -0.2) is 16.3 Å². The van der Waals surface area contributed by atoms with Gasteiger partial charge in [-0.2, -0.15) is 5.26 Å². The van der Waals surface area contributed by atoms with Crippen LogP contribution >= 0.6 is 0 Å². The first kappa shape index (κ1) is 9.72. The summed E-state index contributed by atoms with van der Waals surface area (Å²) in [4.78, 5) is 0. The van der Waals surface area contributed by atoms with E-state index in [1.54, 1.807) is 36.4 Å². The van der Waals surface area contributed by atoms with E-state index in [0.29, 0.717) is 5.56 Å². The molecule has 0 aliphatic rings. The molecule has 3 nitrogen and oxygen atoms in total. The van der Waals surface area contributed by atoms with Crippen molar-refractivity contribution in [2.75, 3.05) is 0 Å². The molecular weight excluding hydrogens is 166 g/mol. The van der Waals surface area contributed by atoms with E-state index in [1.807, 2.05) is 0 Å². The summed E-state index contributed by atoms with van der Waals surface area (Å²) in [6, 6.07) is 10.2. The van der Waals surface area contributed by atoms with Gasteiger partial charge in [0.1, 0.15) is 5.60 Å². The van der Waals surface area contributed by atoms with Gasteiger partial charge in [-0.25, -0.2) is 0 Å². The zero-order valence-corrected chi connectivity index (χ0v) is 7.31. The smallest absolute Gasteiger partial charge is 0.173 e. The third-order valence-corrected chi connectivity index (χ3v) is 2.01. The molecule has 0 aliphatic heterocycles. The maximum atomic E-state index is 9.78. The largest absolute Gasteiger partial charge is 0.382 e. The quantitative estimate of drug-likeness (QED) is 0.656. The molecule has 1 aromatic rings. The van der Waals surface area contributed by atoms with Crippen LogP contribution in [0.4, 0.5) is 0 Å². The van der Waals surface area contributed by atoms with Gasteiger partial charge < -0.3 is 10.2 Å². The number of rotatable bonds is 2. The molecule has 0 radical (unpaired) electrons. The van der Waals surface area contributed by atoms with Crippen molar-refractivity contribution in [3.8, 4) is 6.07 Å². The Bertz CT molecular complexity index is 313. The van der Waals surface area contributed by atoms with E-state index in [4.69, 9.17) is 5.26 Å². The SMILES string of the molecule is CC(O)(c1ccccc1)C(O)C#N. The molecule has 0 spiro atoms. The molecule has 1 rings (SSSR count). The minimum Gasteiger partial charge on any atom is -0.382 e. The Morgan fingerprint density at radius 1 is 1.38 bits per heavy atom. The first-order valence-corrected chi connectivity index (χ1v) is 3.94. The van der Waals surface area contributed by atoms with Crippen molar-refractivity contribution in [2.45, 2.75) is 18.6 Å². The lowest BCUT2D eigenvalue weighted by Gasteiger charge is -2.24. The Balaban J connectivity index is 3.02. The lowest BCUT2D eigenvalue weighted by Crippen LogP contribution is -2.35. The van der Waals surface area contributed by atoms with Crippen molar-refractivity contribution < 1.29 is 10.2 Å². The molecule has 0 aliphatic carbocycles. The van der Waals surface area contributed by atoms with Gasteiger partial charge in [0, 0.05) is 0 Å². The molecule has 68 valence electrons. The number of hydrogen-bond acceptors (Lipinski definition) is 3. The Labute approximate surface area is 76.9 Å². The fraction of sp³-hybridized carbons (Fsp3) is 0.300. The Morgan fingerprint density at radius 3 is 2.38 bits per heavy atom. The summed E-state index contributed by atoms with van der Waals surface area (Å²) >= 11 is 0. The number of aliphatic hydroxyl groups is 2. The van der Waals surface area contributed by atoms with Crippen LogP contribution in [-0.2, 0) is 5.60 Å². The molecule has 13 heavy (non-hydrogen) atoms. The molecule has 1 aromatic carbocycles. The first-order valence-electron chi connectivity index (χ1n) is 3.94. The highest BCUT2D eigenvalue weighted by Crippen LogP contribution is 2.23. The Hall–Kier alpha value is -1.37. The van der Waals surface area contributed by atoms with E-state index in [1.165, 1.54) is 6.92 Å². The lowest BCUT2D eigenvalue weighted by molar-refractivity contribution is -0.0386. The zero-order chi connectivity index (χ0) is 9.90. The summed E-state index contributed by atoms with van der Waals surface area (Å²) in [6.07, 6.45) is -1.41. The summed E-state index contributed by atoms with van der Waals surface area (Å²) in [6.45, 7) is 1.41. The highest BCUT2D eigenvalue weighted by molar-refractivity contribution is 5.24. The summed E-state index contributed by atoms with van der Waals surface area (Å²) < 4.78 is 0. The second-order valence-electron chi connectivity index (χ2n) is 3.05. The van der Waals surface area contributed by atoms with E-state index in [-0.39, 0.29) is 0 Å². The topological polar surface area (TPSA) is 64.2 Å². The van der Waals surface area contributed by atoms with E-state index < -0.39 is 11.7 Å². The molecular formula is C10H11NO2. The molecule has 3 heteroatoms. The van der Waals surface area contributed by atoms with Crippen molar-refractivity contribution in [2.24, 2.45) is 0 Å². The fourth-order valence-electron chi connectivity index (χ4n) is 1.06. The first-order chi connectivity index (χ1) is 6.09. The molecule has 0 fully saturated rings. The third-order valence-electron chi connectivity index (χ3n) is 2.01. The average Bonchev–Trinajstić information content (AvgIpc) is 2.18. The zero-order valence-electron chi connectivity index (χ0n) is 7.31. The number of aliphatic hydroxyl groups excluding tert-OH is 1. The predicted octanol–water partition coefficient (Wildman–Crippen LogP) is 0.779. The van der Waals surface area contributed by atoms with Gasteiger partial charge in [-0.1, -0.05) is 30.3 Å². The van der Waals surface area contributed by atoms with Crippen molar-refractivity contribution in [3.05, 3.63) is 35.9 Å². The molecule has 0 aromatic heterocycles. The predicted molar refractivity (Wildman–Crippen MR) is 47.6 cm³/mol. The van der Waals surface area contributed by atoms with Crippen molar-refractivity contribution in [1.82, 2.24) is 0 Å². The number of hydrogen-bond donors (Lipinski definition) is 2. The van der Waals surface area contributed by atoms with E-state index in [2.05, 4.69) is 0 Å². The summed E-state index contributed by atoms with van der Waals surface area (Å²) in [5.74, 6) is 0. The molecule has 0 heterocycles. The number of benzene rings is 1. The average molecular weight is 177 g/mol. The Morgan fingerprint density at radius 2 is 1.92 bits per heavy atom. The number of nitrogens with zero attached hydrogens (tertiary/aromatic N) is 1. The second-order valence-corrected chi connectivity index (χ2v) is 3.05. The minimum absolute atomic E-state index is 0.532. The number of nitriles is 1. The highest BCUT2D eigenvalue weighted by atomic mass is 16.3. The fourth-order valence-corrected chi connectivity index (χ4v) is 1.06. The summed E-state index contributed by atoms with van der Waals surface area (Å²) in [7, 11) is 0. The van der Waals surface area contributed by atoms with Crippen LogP contribution in [0.15, 0.2) is 30.3 Å². The monoisotopic (exact) mass is 177 g/mol. The van der Waals surface area contributed by atoms with Gasteiger partial charge in [-0.05, 0) is 12.5 Å². The molecule has 2 N–H and O–H groups in total. The lowest BCUT2D eigenvalue weighted by atomic mass is 9.91. The second kappa shape index (κ2) is 3.56. The van der Waals surface area contributed by atoms with Gasteiger partial charge in [-0.15, -0.1) is 0 Å². The van der Waals surface area contributed by atoms with Crippen molar-refractivity contribution >= 4 is 0 Å². The van der Waals surface area contributed by atoms with Gasteiger partial charge in [0.25, 0.3) is 0 Å². The van der Waals surface area contributed by atoms with Crippen LogP contribution in [0.2, 0.25) is 0 Å². The third kappa shape index (κ3) is 1.86. The normalized spacial score (nSPS) is 17.1. The summed E-state index contributed by atoms with van der Waals surface area (Å²) in [5.41, 5.74) is -0.972. The molecule has 2 unspecified atom stereocenters. The minimum atomic E-state index is -1.50. The van der Waals surface area contributed by atoms with E-state index in [0.717, 1.165) is 0 Å². The Kier molecular flexibility index (Phi) is 2.66. The van der Waals surface area contributed by atoms with Crippen LogP contribution in [0, 0.1) is 11.3 Å². The van der Waals surface area contributed by atoms with Crippen molar-refractivity contribution in [1.29, 1.82) is 5.26 Å². The van der Waals surface area contributed by atoms with Gasteiger partial charge in [0.05, 0.1) is 6.07 Å². The summed E-state index contributed by atoms with van der Waals surface area (Å²) in [5, 5.41) is 27.5. The van der Waals surface area contributed by atoms with Gasteiger partial charge in [-0.3, -0.25) is 0 Å². The standard InChI is InChI=1S/C10H11NO2/c1-10(13,9(12)7-11)8-5-3-2-4-6-8/h2-6,9,12-13H,1H3. The van der Waals surface area contributed by atoms with Gasteiger partial charge >= 0.3 is 0 Å². The van der Waals surface area contributed by atoms with Crippen LogP contribution in [0.5, 0.6) is 0 Å². The van der Waals surface area contributed by atoms with Gasteiger partial charge in [0.15, 0.2) is 6.10 Å². The van der Waals surface area contributed by atoms with Crippen LogP contribution in [0.3, 0.4) is 0 Å². The molecule has 0 saturated heterocycles. The molecule has 0 saturated carbocycles. The molecule has 0 bridgehead atoms. The van der Waals surface area contributed by atoms with Crippen LogP contribution in [0.1, 0.15) is 12.5 Å². The molecule has 2 atom stereocenters. The van der Waals surface area contributed by atoms with E-state index >= 15 is 0 Å². The van der Waals surface area contributed by atoms with E-state index in [9.17, 15) is 10.2 Å².